The van der Waals surface area contributed by atoms with E-state index in [9.17, 15) is 13.2 Å². The fraction of sp³-hybridized carbons (Fsp3) is 0.667. The second kappa shape index (κ2) is 9.34. The summed E-state index contributed by atoms with van der Waals surface area (Å²) in [5.41, 5.74) is 1.71. The van der Waals surface area contributed by atoms with Crippen LogP contribution in [0.5, 0.6) is 0 Å². The molecule has 2 rings (SSSR count). The van der Waals surface area contributed by atoms with Gasteiger partial charge < -0.3 is 14.5 Å². The van der Waals surface area contributed by atoms with Crippen LogP contribution in [0.1, 0.15) is 53.0 Å². The van der Waals surface area contributed by atoms with Gasteiger partial charge in [0.25, 0.3) is 0 Å². The van der Waals surface area contributed by atoms with Crippen molar-refractivity contribution in [2.75, 3.05) is 37.6 Å². The van der Waals surface area contributed by atoms with Gasteiger partial charge in [-0.3, -0.25) is 0 Å². The molecular formula is C21H35N3O4S. The molecule has 1 saturated heterocycles. The van der Waals surface area contributed by atoms with E-state index in [1.165, 1.54) is 0 Å². The molecule has 0 spiro atoms. The maximum Gasteiger partial charge on any atom is 0.410 e. The van der Waals surface area contributed by atoms with Crippen molar-refractivity contribution in [2.45, 2.75) is 58.3 Å². The minimum absolute atomic E-state index is 0.0848. The molecular weight excluding hydrogens is 390 g/mol. The Kier molecular flexibility index (Phi) is 7.56. The molecule has 0 aliphatic carbocycles. The number of piperazine rings is 1. The van der Waals surface area contributed by atoms with Crippen LogP contribution in [0, 0.1) is 0 Å². The molecule has 1 heterocycles. The van der Waals surface area contributed by atoms with Gasteiger partial charge in [0.1, 0.15) is 5.60 Å². The van der Waals surface area contributed by atoms with Crippen LogP contribution in [-0.2, 0) is 14.8 Å². The Hall–Kier alpha value is -1.80. The van der Waals surface area contributed by atoms with Crippen molar-refractivity contribution in [3.63, 3.8) is 0 Å². The number of benzene rings is 1. The Bertz CT molecular complexity index is 777. The fourth-order valence-electron chi connectivity index (χ4n) is 3.01. The topological polar surface area (TPSA) is 79.0 Å². The third kappa shape index (κ3) is 6.89. The highest BCUT2D eigenvalue weighted by Gasteiger charge is 2.26. The van der Waals surface area contributed by atoms with E-state index in [0.29, 0.717) is 19.6 Å². The Morgan fingerprint density at radius 2 is 1.62 bits per heavy atom. The highest BCUT2D eigenvalue weighted by molar-refractivity contribution is 7.90. The lowest BCUT2D eigenvalue weighted by molar-refractivity contribution is 0.0240. The summed E-state index contributed by atoms with van der Waals surface area (Å²) < 4.78 is 32.0. The number of amides is 1. The molecule has 1 amide bonds. The predicted molar refractivity (Wildman–Crippen MR) is 117 cm³/mol. The molecule has 1 aromatic carbocycles. The first-order chi connectivity index (χ1) is 13.4. The van der Waals surface area contributed by atoms with Gasteiger partial charge in [-0.05, 0) is 58.2 Å². The van der Waals surface area contributed by atoms with Crippen LogP contribution in [0.4, 0.5) is 10.5 Å². The first kappa shape index (κ1) is 23.5. The second-order valence-electron chi connectivity index (χ2n) is 8.89. The SMILES string of the molecule is CC(CNS(=O)(=O)C(C)C)c1ccc(N2CCN(C(=O)OC(C)(C)C)CC2)cc1. The van der Waals surface area contributed by atoms with E-state index in [2.05, 4.69) is 21.8 Å². The van der Waals surface area contributed by atoms with E-state index in [0.717, 1.165) is 24.3 Å². The minimum Gasteiger partial charge on any atom is -0.444 e. The summed E-state index contributed by atoms with van der Waals surface area (Å²) in [7, 11) is -3.25. The van der Waals surface area contributed by atoms with E-state index < -0.39 is 20.9 Å². The molecule has 1 aliphatic heterocycles. The van der Waals surface area contributed by atoms with E-state index in [4.69, 9.17) is 4.74 Å². The predicted octanol–water partition coefficient (Wildman–Crippen LogP) is 3.18. The molecule has 1 aliphatic rings. The summed E-state index contributed by atoms with van der Waals surface area (Å²) in [5, 5.41) is -0.434. The molecule has 1 unspecified atom stereocenters. The Labute approximate surface area is 175 Å². The summed E-state index contributed by atoms with van der Waals surface area (Å²) in [4.78, 5) is 16.2. The molecule has 29 heavy (non-hydrogen) atoms. The van der Waals surface area contributed by atoms with Crippen molar-refractivity contribution in [3.05, 3.63) is 29.8 Å². The van der Waals surface area contributed by atoms with Gasteiger partial charge >= 0.3 is 6.09 Å². The van der Waals surface area contributed by atoms with Gasteiger partial charge in [-0.1, -0.05) is 19.1 Å². The van der Waals surface area contributed by atoms with Crippen molar-refractivity contribution in [3.8, 4) is 0 Å². The lowest BCUT2D eigenvalue weighted by Gasteiger charge is -2.36. The van der Waals surface area contributed by atoms with Gasteiger partial charge in [-0.25, -0.2) is 17.9 Å². The second-order valence-corrected chi connectivity index (χ2v) is 11.2. The number of nitrogens with one attached hydrogen (secondary N) is 1. The summed E-state index contributed by atoms with van der Waals surface area (Å²) in [6, 6.07) is 8.21. The first-order valence-electron chi connectivity index (χ1n) is 10.2. The Balaban J connectivity index is 1.89. The smallest absolute Gasteiger partial charge is 0.410 e. The van der Waals surface area contributed by atoms with E-state index in [1.54, 1.807) is 18.7 Å². The lowest BCUT2D eigenvalue weighted by atomic mass is 10.0. The van der Waals surface area contributed by atoms with Crippen LogP contribution in [0.3, 0.4) is 0 Å². The fourth-order valence-corrected chi connectivity index (χ4v) is 3.83. The standard InChI is InChI=1S/C21H35N3O4S/c1-16(2)29(26,27)22-15-17(3)18-7-9-19(10-8-18)23-11-13-24(14-12-23)20(25)28-21(4,5)6/h7-10,16-17,22H,11-15H2,1-6H3. The summed E-state index contributed by atoms with van der Waals surface area (Å²) in [5.74, 6) is 0.0848. The van der Waals surface area contributed by atoms with Gasteiger partial charge in [0.2, 0.25) is 10.0 Å². The van der Waals surface area contributed by atoms with Crippen molar-refractivity contribution >= 4 is 21.8 Å². The molecule has 1 fully saturated rings. The number of ether oxygens (including phenoxy) is 1. The maximum atomic E-state index is 12.2. The molecule has 0 bridgehead atoms. The molecule has 8 heteroatoms. The van der Waals surface area contributed by atoms with Gasteiger partial charge in [0.05, 0.1) is 5.25 Å². The molecule has 1 N–H and O–H groups in total. The summed E-state index contributed by atoms with van der Waals surface area (Å²) in [6.45, 7) is 14.1. The Morgan fingerprint density at radius 1 is 1.07 bits per heavy atom. The van der Waals surface area contributed by atoms with Crippen LogP contribution in [-0.4, -0.2) is 63.0 Å². The van der Waals surface area contributed by atoms with E-state index in [1.807, 2.05) is 39.8 Å². The van der Waals surface area contributed by atoms with Crippen molar-refractivity contribution in [1.82, 2.24) is 9.62 Å². The Morgan fingerprint density at radius 3 is 2.10 bits per heavy atom. The van der Waals surface area contributed by atoms with Crippen molar-refractivity contribution in [2.24, 2.45) is 0 Å². The van der Waals surface area contributed by atoms with Crippen LogP contribution >= 0.6 is 0 Å². The zero-order valence-electron chi connectivity index (χ0n) is 18.4. The molecule has 0 radical (unpaired) electrons. The monoisotopic (exact) mass is 425 g/mol. The summed E-state index contributed by atoms with van der Waals surface area (Å²) >= 11 is 0. The van der Waals surface area contributed by atoms with Crippen LogP contribution in [0.15, 0.2) is 24.3 Å². The number of carbonyl (C=O) groups is 1. The van der Waals surface area contributed by atoms with E-state index in [-0.39, 0.29) is 12.0 Å². The number of carbonyl (C=O) groups excluding carboxylic acids is 1. The average molecular weight is 426 g/mol. The normalized spacial score (nSPS) is 16.8. The van der Waals surface area contributed by atoms with E-state index >= 15 is 0 Å². The highest BCUT2D eigenvalue weighted by Crippen LogP contribution is 2.22. The zero-order chi connectivity index (χ0) is 21.8. The third-order valence-corrected chi connectivity index (χ3v) is 6.78. The zero-order valence-corrected chi connectivity index (χ0v) is 19.3. The molecule has 164 valence electrons. The molecule has 0 saturated carbocycles. The minimum atomic E-state index is -3.25. The third-order valence-electron chi connectivity index (χ3n) is 4.97. The average Bonchev–Trinajstić information content (AvgIpc) is 2.65. The molecule has 7 nitrogen and oxygen atoms in total. The molecule has 1 aromatic rings. The lowest BCUT2D eigenvalue weighted by Crippen LogP contribution is -2.50. The molecule has 1 atom stereocenters. The van der Waals surface area contributed by atoms with Gasteiger partial charge in [-0.2, -0.15) is 0 Å². The van der Waals surface area contributed by atoms with Crippen LogP contribution < -0.4 is 9.62 Å². The summed E-state index contributed by atoms with van der Waals surface area (Å²) in [6.07, 6.45) is -0.259. The highest BCUT2D eigenvalue weighted by atomic mass is 32.2. The maximum absolute atomic E-state index is 12.2. The number of nitrogens with zero attached hydrogens (tertiary/aromatic N) is 2. The van der Waals surface area contributed by atoms with Gasteiger partial charge in [0.15, 0.2) is 0 Å². The quantitative estimate of drug-likeness (QED) is 0.757. The number of hydrogen-bond acceptors (Lipinski definition) is 5. The number of hydrogen-bond donors (Lipinski definition) is 1. The van der Waals surface area contributed by atoms with Gasteiger partial charge in [0, 0.05) is 38.4 Å². The van der Waals surface area contributed by atoms with Crippen LogP contribution in [0.2, 0.25) is 0 Å². The van der Waals surface area contributed by atoms with Crippen LogP contribution in [0.25, 0.3) is 0 Å². The van der Waals surface area contributed by atoms with Gasteiger partial charge in [-0.15, -0.1) is 0 Å². The number of sulfonamides is 1. The largest absolute Gasteiger partial charge is 0.444 e. The number of rotatable bonds is 6. The first-order valence-corrected chi connectivity index (χ1v) is 11.7. The number of anilines is 1. The van der Waals surface area contributed by atoms with Crippen molar-refractivity contribution < 1.29 is 17.9 Å². The van der Waals surface area contributed by atoms with Crippen molar-refractivity contribution in [1.29, 1.82) is 0 Å². The molecule has 0 aromatic heterocycles.